The van der Waals surface area contributed by atoms with Crippen LogP contribution < -0.4 is 9.62 Å². The average Bonchev–Trinajstić information content (AvgIpc) is 2.70. The van der Waals surface area contributed by atoms with Gasteiger partial charge in [-0.3, -0.25) is 9.10 Å². The van der Waals surface area contributed by atoms with Crippen LogP contribution in [0.5, 0.6) is 0 Å². The van der Waals surface area contributed by atoms with Crippen molar-refractivity contribution < 1.29 is 13.2 Å². The summed E-state index contributed by atoms with van der Waals surface area (Å²) in [6.45, 7) is 2.46. The molecule has 0 atom stereocenters. The number of aryl methyl sites for hydroxylation is 1. The minimum Gasteiger partial charge on any atom is -0.321 e. The van der Waals surface area contributed by atoms with Crippen LogP contribution in [0.4, 0.5) is 11.4 Å². The zero-order valence-electron chi connectivity index (χ0n) is 16.0. The van der Waals surface area contributed by atoms with Gasteiger partial charge >= 0.3 is 0 Å². The van der Waals surface area contributed by atoms with Crippen molar-refractivity contribution in [1.82, 2.24) is 0 Å². The van der Waals surface area contributed by atoms with E-state index in [1.165, 1.54) is 4.31 Å². The molecule has 4 rings (SSSR count). The first-order chi connectivity index (χ1) is 13.9. The number of sulfonamides is 1. The number of nitrogens with one attached hydrogen (secondary N) is 1. The van der Waals surface area contributed by atoms with Crippen LogP contribution in [0.25, 0.3) is 10.8 Å². The fourth-order valence-electron chi connectivity index (χ4n) is 3.70. The number of carbonyl (C=O) groups excluding carboxylic acids is 1. The number of carbonyl (C=O) groups is 1. The number of hydrogen-bond acceptors (Lipinski definition) is 3. The van der Waals surface area contributed by atoms with Crippen LogP contribution in [0, 0.1) is 6.92 Å². The number of amides is 1. The Labute approximate surface area is 175 Å². The zero-order valence-corrected chi connectivity index (χ0v) is 17.6. The van der Waals surface area contributed by atoms with Gasteiger partial charge in [-0.15, -0.1) is 0 Å². The van der Waals surface area contributed by atoms with Crippen LogP contribution in [0.1, 0.15) is 28.8 Å². The zero-order chi connectivity index (χ0) is 20.6. The fraction of sp³-hybridized carbons (Fsp3) is 0.227. The third-order valence-electron chi connectivity index (χ3n) is 5.21. The largest absolute Gasteiger partial charge is 0.321 e. The molecule has 5 nitrogen and oxygen atoms in total. The second-order valence-electron chi connectivity index (χ2n) is 7.19. The maximum atomic E-state index is 12.8. The number of rotatable bonds is 3. The second kappa shape index (κ2) is 7.69. The van der Waals surface area contributed by atoms with Gasteiger partial charge in [0, 0.05) is 33.6 Å². The Bertz CT molecular complexity index is 1180. The normalized spacial score (nSPS) is 16.0. The SMILES string of the molecule is Cc1cccc2c(NC(=O)c3ccc(N4CCCCS4(=O)=O)cc3)ccc(Cl)c12. The monoisotopic (exact) mass is 428 g/mol. The summed E-state index contributed by atoms with van der Waals surface area (Å²) in [5.41, 5.74) is 2.77. The molecule has 0 radical (unpaired) electrons. The number of anilines is 2. The highest BCUT2D eigenvalue weighted by molar-refractivity contribution is 7.92. The van der Waals surface area contributed by atoms with E-state index in [1.54, 1.807) is 36.4 Å². The van der Waals surface area contributed by atoms with E-state index in [1.807, 2.05) is 25.1 Å². The molecular weight excluding hydrogens is 408 g/mol. The Morgan fingerprint density at radius 3 is 2.52 bits per heavy atom. The minimum atomic E-state index is -3.27. The molecule has 1 aliphatic rings. The van der Waals surface area contributed by atoms with E-state index in [2.05, 4.69) is 5.32 Å². The maximum Gasteiger partial charge on any atom is 0.255 e. The summed E-state index contributed by atoms with van der Waals surface area (Å²) in [5.74, 6) is -0.0960. The van der Waals surface area contributed by atoms with Gasteiger partial charge in [0.05, 0.1) is 11.4 Å². The van der Waals surface area contributed by atoms with E-state index in [0.717, 1.165) is 22.8 Å². The van der Waals surface area contributed by atoms with Crippen LogP contribution in [-0.2, 0) is 10.0 Å². The quantitative estimate of drug-likeness (QED) is 0.639. The molecule has 0 saturated carbocycles. The molecule has 7 heteroatoms. The number of nitrogens with zero attached hydrogens (tertiary/aromatic N) is 1. The van der Waals surface area contributed by atoms with Crippen LogP contribution in [0.2, 0.25) is 5.02 Å². The standard InChI is InChI=1S/C22H21ClN2O3S/c1-15-5-4-6-18-20(12-11-19(23)21(15)18)24-22(26)16-7-9-17(10-8-16)25-13-2-3-14-29(25,27)28/h4-12H,2-3,13-14H2,1H3,(H,24,26). The first-order valence-corrected chi connectivity index (χ1v) is 11.5. The maximum absolute atomic E-state index is 12.8. The molecule has 0 aliphatic carbocycles. The van der Waals surface area contributed by atoms with Gasteiger partial charge in [-0.2, -0.15) is 0 Å². The summed E-state index contributed by atoms with van der Waals surface area (Å²) in [6, 6.07) is 16.1. The van der Waals surface area contributed by atoms with Gasteiger partial charge in [0.25, 0.3) is 5.91 Å². The average molecular weight is 429 g/mol. The van der Waals surface area contributed by atoms with Gasteiger partial charge in [0.15, 0.2) is 0 Å². The number of benzene rings is 3. The molecule has 0 aromatic heterocycles. The summed E-state index contributed by atoms with van der Waals surface area (Å²) in [4.78, 5) is 12.8. The molecule has 150 valence electrons. The van der Waals surface area contributed by atoms with Crippen molar-refractivity contribution in [2.45, 2.75) is 19.8 Å². The van der Waals surface area contributed by atoms with Gasteiger partial charge in [-0.1, -0.05) is 29.8 Å². The third kappa shape index (κ3) is 3.82. The van der Waals surface area contributed by atoms with E-state index in [9.17, 15) is 13.2 Å². The van der Waals surface area contributed by atoms with Crippen LogP contribution in [0.15, 0.2) is 54.6 Å². The molecule has 3 aromatic rings. The smallest absolute Gasteiger partial charge is 0.255 e. The highest BCUT2D eigenvalue weighted by Crippen LogP contribution is 2.32. The summed E-state index contributed by atoms with van der Waals surface area (Å²) in [7, 11) is -3.27. The molecule has 0 spiro atoms. The Balaban J connectivity index is 1.59. The molecule has 0 unspecified atom stereocenters. The van der Waals surface area contributed by atoms with Crippen molar-refractivity contribution in [2.24, 2.45) is 0 Å². The first-order valence-electron chi connectivity index (χ1n) is 9.46. The summed E-state index contributed by atoms with van der Waals surface area (Å²) in [5, 5.41) is 5.37. The Morgan fingerprint density at radius 1 is 1.03 bits per heavy atom. The summed E-state index contributed by atoms with van der Waals surface area (Å²) in [6.07, 6.45) is 1.53. The van der Waals surface area contributed by atoms with E-state index in [0.29, 0.717) is 34.9 Å². The van der Waals surface area contributed by atoms with Gasteiger partial charge in [-0.05, 0) is 61.7 Å². The highest BCUT2D eigenvalue weighted by atomic mass is 35.5. The molecule has 1 aliphatic heterocycles. The number of fused-ring (bicyclic) bond motifs is 1. The van der Waals surface area contributed by atoms with Gasteiger partial charge in [0.1, 0.15) is 0 Å². The molecule has 1 saturated heterocycles. The summed E-state index contributed by atoms with van der Waals surface area (Å²) < 4.78 is 25.9. The Kier molecular flexibility index (Phi) is 5.23. The van der Waals surface area contributed by atoms with E-state index in [-0.39, 0.29) is 11.7 Å². The van der Waals surface area contributed by atoms with Crippen molar-refractivity contribution in [2.75, 3.05) is 21.9 Å². The van der Waals surface area contributed by atoms with Gasteiger partial charge in [0.2, 0.25) is 10.0 Å². The van der Waals surface area contributed by atoms with Crippen molar-refractivity contribution in [3.05, 3.63) is 70.7 Å². The lowest BCUT2D eigenvalue weighted by Gasteiger charge is -2.28. The molecule has 0 bridgehead atoms. The molecule has 1 heterocycles. The van der Waals surface area contributed by atoms with E-state index in [4.69, 9.17) is 11.6 Å². The minimum absolute atomic E-state index is 0.165. The molecule has 29 heavy (non-hydrogen) atoms. The van der Waals surface area contributed by atoms with Crippen molar-refractivity contribution >= 4 is 49.7 Å². The Morgan fingerprint density at radius 2 is 1.79 bits per heavy atom. The lowest BCUT2D eigenvalue weighted by molar-refractivity contribution is 0.102. The predicted molar refractivity (Wildman–Crippen MR) is 118 cm³/mol. The first kappa shape index (κ1) is 19.7. The Hall–Kier alpha value is -2.57. The van der Waals surface area contributed by atoms with Crippen molar-refractivity contribution in [3.8, 4) is 0 Å². The molecule has 3 aromatic carbocycles. The van der Waals surface area contributed by atoms with Crippen LogP contribution >= 0.6 is 11.6 Å². The van der Waals surface area contributed by atoms with Crippen molar-refractivity contribution in [1.29, 1.82) is 0 Å². The van der Waals surface area contributed by atoms with Crippen LogP contribution in [-0.4, -0.2) is 26.6 Å². The number of hydrogen-bond donors (Lipinski definition) is 1. The highest BCUT2D eigenvalue weighted by Gasteiger charge is 2.26. The molecule has 1 N–H and O–H groups in total. The summed E-state index contributed by atoms with van der Waals surface area (Å²) >= 11 is 6.34. The van der Waals surface area contributed by atoms with Crippen LogP contribution in [0.3, 0.4) is 0 Å². The molecular formula is C22H21ClN2O3S. The fourth-order valence-corrected chi connectivity index (χ4v) is 5.65. The topological polar surface area (TPSA) is 66.5 Å². The third-order valence-corrected chi connectivity index (χ3v) is 7.40. The lowest BCUT2D eigenvalue weighted by Crippen LogP contribution is -2.37. The van der Waals surface area contributed by atoms with E-state index < -0.39 is 10.0 Å². The van der Waals surface area contributed by atoms with Crippen molar-refractivity contribution in [3.63, 3.8) is 0 Å². The molecule has 1 amide bonds. The van der Waals surface area contributed by atoms with Gasteiger partial charge < -0.3 is 5.32 Å². The second-order valence-corrected chi connectivity index (χ2v) is 9.61. The van der Waals surface area contributed by atoms with E-state index >= 15 is 0 Å². The predicted octanol–water partition coefficient (Wildman–Crippen LogP) is 4.98. The van der Waals surface area contributed by atoms with Gasteiger partial charge in [-0.25, -0.2) is 8.42 Å². The molecule has 1 fully saturated rings. The number of halogens is 1. The lowest BCUT2D eigenvalue weighted by atomic mass is 10.0.